The number of phenolic OH excluding ortho intramolecular Hbond substituents is 1. The molecule has 9 heteroatoms. The molecule has 110 valence electrons. The van der Waals surface area contributed by atoms with E-state index in [0.29, 0.717) is 0 Å². The van der Waals surface area contributed by atoms with E-state index < -0.39 is 32.5 Å². The van der Waals surface area contributed by atoms with Crippen molar-refractivity contribution in [3.8, 4) is 5.75 Å². The van der Waals surface area contributed by atoms with E-state index in [9.17, 15) is 22.7 Å². The molecule has 0 radical (unpaired) electrons. The van der Waals surface area contributed by atoms with E-state index in [-0.39, 0.29) is 11.3 Å². The first kappa shape index (κ1) is 14.7. The number of rotatable bonds is 4. The molecule has 0 bridgehead atoms. The van der Waals surface area contributed by atoms with Gasteiger partial charge in [-0.3, -0.25) is 9.71 Å². The molecule has 0 atom stereocenters. The summed E-state index contributed by atoms with van der Waals surface area (Å²) >= 11 is 0. The molecule has 21 heavy (non-hydrogen) atoms. The van der Waals surface area contributed by atoms with E-state index in [0.717, 1.165) is 36.7 Å². The number of anilines is 1. The minimum Gasteiger partial charge on any atom is -0.506 e. The lowest BCUT2D eigenvalue weighted by molar-refractivity contribution is 0.0696. The minimum absolute atomic E-state index is 0.206. The largest absolute Gasteiger partial charge is 0.506 e. The van der Waals surface area contributed by atoms with E-state index in [1.165, 1.54) is 0 Å². The third kappa shape index (κ3) is 3.26. The average molecular weight is 312 g/mol. The Kier molecular flexibility index (Phi) is 3.76. The zero-order valence-electron chi connectivity index (χ0n) is 10.3. The maximum Gasteiger partial charge on any atom is 0.335 e. The number of sulfonamides is 1. The lowest BCUT2D eigenvalue weighted by Gasteiger charge is -2.09. The van der Waals surface area contributed by atoms with Crippen molar-refractivity contribution in [2.75, 3.05) is 4.72 Å². The van der Waals surface area contributed by atoms with Gasteiger partial charge in [0.15, 0.2) is 0 Å². The second kappa shape index (κ2) is 5.37. The van der Waals surface area contributed by atoms with Crippen LogP contribution in [0, 0.1) is 5.82 Å². The summed E-state index contributed by atoms with van der Waals surface area (Å²) in [5, 5.41) is 18.4. The second-order valence-corrected chi connectivity index (χ2v) is 5.66. The molecule has 1 aromatic heterocycles. The van der Waals surface area contributed by atoms with Gasteiger partial charge >= 0.3 is 5.97 Å². The maximum absolute atomic E-state index is 13.0. The zero-order chi connectivity index (χ0) is 15.6. The molecule has 0 fully saturated rings. The fraction of sp³-hybridized carbons (Fsp3) is 0. The summed E-state index contributed by atoms with van der Waals surface area (Å²) in [6.45, 7) is 0. The number of benzene rings is 1. The number of nitrogens with zero attached hydrogens (tertiary/aromatic N) is 1. The van der Waals surface area contributed by atoms with Crippen molar-refractivity contribution in [2.24, 2.45) is 0 Å². The Morgan fingerprint density at radius 1 is 1.24 bits per heavy atom. The summed E-state index contributed by atoms with van der Waals surface area (Å²) in [5.41, 5.74) is -0.438. The molecule has 0 saturated heterocycles. The SMILES string of the molecule is O=C(O)c1ccc(NS(=O)(=O)c2cncc(F)c2)c(O)c1. The number of aromatic nitrogens is 1. The Hall–Kier alpha value is -2.68. The molecule has 0 aliphatic rings. The molecule has 1 heterocycles. The fourth-order valence-electron chi connectivity index (χ4n) is 1.49. The van der Waals surface area contributed by atoms with Crippen molar-refractivity contribution in [1.82, 2.24) is 4.98 Å². The molecule has 2 rings (SSSR count). The number of nitrogens with one attached hydrogen (secondary N) is 1. The quantitative estimate of drug-likeness (QED) is 0.735. The van der Waals surface area contributed by atoms with Crippen molar-refractivity contribution >= 4 is 21.7 Å². The summed E-state index contributed by atoms with van der Waals surface area (Å²) in [5.74, 6) is -2.67. The highest BCUT2D eigenvalue weighted by molar-refractivity contribution is 7.92. The number of carboxylic acid groups (broad SMARTS) is 1. The minimum atomic E-state index is -4.15. The van der Waals surface area contributed by atoms with Crippen LogP contribution in [0.25, 0.3) is 0 Å². The topological polar surface area (TPSA) is 117 Å². The first-order chi connectivity index (χ1) is 9.79. The van der Waals surface area contributed by atoms with Gasteiger partial charge in [0.25, 0.3) is 10.0 Å². The first-order valence-corrected chi connectivity index (χ1v) is 6.97. The van der Waals surface area contributed by atoms with E-state index in [1.54, 1.807) is 0 Å². The zero-order valence-corrected chi connectivity index (χ0v) is 11.1. The van der Waals surface area contributed by atoms with Gasteiger partial charge in [-0.15, -0.1) is 0 Å². The molecule has 2 aromatic rings. The van der Waals surface area contributed by atoms with Gasteiger partial charge < -0.3 is 10.2 Å². The molecule has 7 nitrogen and oxygen atoms in total. The fourth-order valence-corrected chi connectivity index (χ4v) is 2.54. The molecule has 0 spiro atoms. The number of phenols is 1. The van der Waals surface area contributed by atoms with Crippen molar-refractivity contribution in [3.63, 3.8) is 0 Å². The summed E-state index contributed by atoms with van der Waals surface area (Å²) in [6.07, 6.45) is 1.78. The maximum atomic E-state index is 13.0. The van der Waals surface area contributed by atoms with Crippen LogP contribution in [0.15, 0.2) is 41.6 Å². The smallest absolute Gasteiger partial charge is 0.335 e. The van der Waals surface area contributed by atoms with Crippen LogP contribution in [0.3, 0.4) is 0 Å². The molecule has 0 unspecified atom stereocenters. The predicted molar refractivity (Wildman–Crippen MR) is 70.1 cm³/mol. The van der Waals surface area contributed by atoms with Crippen molar-refractivity contribution < 1.29 is 27.8 Å². The summed E-state index contributed by atoms with van der Waals surface area (Å²) in [6, 6.07) is 3.86. The number of halogens is 1. The highest BCUT2D eigenvalue weighted by atomic mass is 32.2. The normalized spacial score (nSPS) is 11.1. The Morgan fingerprint density at radius 3 is 2.52 bits per heavy atom. The van der Waals surface area contributed by atoms with Crippen LogP contribution in [-0.2, 0) is 10.0 Å². The molecular weight excluding hydrogens is 303 g/mol. The van der Waals surface area contributed by atoms with E-state index in [1.807, 2.05) is 4.72 Å². The Labute approximate surface area is 118 Å². The number of aromatic hydroxyl groups is 1. The first-order valence-electron chi connectivity index (χ1n) is 5.49. The van der Waals surface area contributed by atoms with Crippen LogP contribution >= 0.6 is 0 Å². The number of carboxylic acids is 1. The van der Waals surface area contributed by atoms with Gasteiger partial charge in [0.2, 0.25) is 0 Å². The van der Waals surface area contributed by atoms with Gasteiger partial charge in [0, 0.05) is 6.20 Å². The third-order valence-electron chi connectivity index (χ3n) is 2.48. The van der Waals surface area contributed by atoms with E-state index in [4.69, 9.17) is 5.11 Å². The monoisotopic (exact) mass is 312 g/mol. The lowest BCUT2D eigenvalue weighted by atomic mass is 10.2. The van der Waals surface area contributed by atoms with Crippen LogP contribution in [-0.4, -0.2) is 29.6 Å². The Balaban J connectivity index is 2.35. The van der Waals surface area contributed by atoms with Crippen LogP contribution in [0.5, 0.6) is 5.75 Å². The molecular formula is C12H9FN2O5S. The molecule has 0 aliphatic carbocycles. The molecule has 3 N–H and O–H groups in total. The van der Waals surface area contributed by atoms with Gasteiger partial charge in [0.05, 0.1) is 17.4 Å². The standard InChI is InChI=1S/C12H9FN2O5S/c13-8-4-9(6-14-5-8)21(19,20)15-10-2-1-7(12(17)18)3-11(10)16/h1-6,15-16H,(H,17,18). The van der Waals surface area contributed by atoms with Gasteiger partial charge in [-0.25, -0.2) is 17.6 Å². The molecule has 0 amide bonds. The summed E-state index contributed by atoms with van der Waals surface area (Å²) < 4.78 is 39.0. The van der Waals surface area contributed by atoms with Gasteiger partial charge in [-0.05, 0) is 24.3 Å². The van der Waals surface area contributed by atoms with Gasteiger partial charge in [0.1, 0.15) is 16.5 Å². The number of carbonyl (C=O) groups is 1. The highest BCUT2D eigenvalue weighted by Crippen LogP contribution is 2.26. The van der Waals surface area contributed by atoms with Gasteiger partial charge in [-0.2, -0.15) is 0 Å². The van der Waals surface area contributed by atoms with Crippen LogP contribution in [0.2, 0.25) is 0 Å². The molecule has 1 aromatic carbocycles. The highest BCUT2D eigenvalue weighted by Gasteiger charge is 2.18. The van der Waals surface area contributed by atoms with Crippen LogP contribution in [0.1, 0.15) is 10.4 Å². The summed E-state index contributed by atoms with van der Waals surface area (Å²) in [7, 11) is -4.15. The molecule has 0 aliphatic heterocycles. The van der Waals surface area contributed by atoms with Crippen LogP contribution in [0.4, 0.5) is 10.1 Å². The van der Waals surface area contributed by atoms with Gasteiger partial charge in [-0.1, -0.05) is 0 Å². The average Bonchev–Trinajstić information content (AvgIpc) is 2.40. The Morgan fingerprint density at radius 2 is 1.95 bits per heavy atom. The van der Waals surface area contributed by atoms with Crippen molar-refractivity contribution in [3.05, 3.63) is 48.0 Å². The Bertz CT molecular complexity index is 807. The van der Waals surface area contributed by atoms with Crippen molar-refractivity contribution in [1.29, 1.82) is 0 Å². The number of aromatic carboxylic acids is 1. The number of hydrogen-bond acceptors (Lipinski definition) is 5. The number of hydrogen-bond donors (Lipinski definition) is 3. The van der Waals surface area contributed by atoms with Crippen molar-refractivity contribution in [2.45, 2.75) is 4.90 Å². The third-order valence-corrected chi connectivity index (χ3v) is 3.81. The molecule has 0 saturated carbocycles. The van der Waals surface area contributed by atoms with E-state index >= 15 is 0 Å². The van der Waals surface area contributed by atoms with E-state index in [2.05, 4.69) is 4.98 Å². The van der Waals surface area contributed by atoms with Crippen LogP contribution < -0.4 is 4.72 Å². The lowest BCUT2D eigenvalue weighted by Crippen LogP contribution is -2.13. The second-order valence-electron chi connectivity index (χ2n) is 3.98. The summed E-state index contributed by atoms with van der Waals surface area (Å²) in [4.78, 5) is 13.7. The number of pyridine rings is 1. The predicted octanol–water partition coefficient (Wildman–Crippen LogP) is 1.43.